The van der Waals surface area contributed by atoms with Crippen LogP contribution in [0.15, 0.2) is 54.6 Å². The van der Waals surface area contributed by atoms with Gasteiger partial charge in [-0.3, -0.25) is 9.59 Å². The van der Waals surface area contributed by atoms with Crippen molar-refractivity contribution in [2.75, 3.05) is 13.1 Å². The highest BCUT2D eigenvalue weighted by Gasteiger charge is 2.28. The van der Waals surface area contributed by atoms with Crippen LogP contribution in [0.5, 0.6) is 0 Å². The van der Waals surface area contributed by atoms with E-state index in [4.69, 9.17) is 0 Å². The van der Waals surface area contributed by atoms with Crippen LogP contribution in [-0.2, 0) is 11.2 Å². The van der Waals surface area contributed by atoms with Crippen LogP contribution in [0.1, 0.15) is 34.3 Å². The van der Waals surface area contributed by atoms with Gasteiger partial charge in [-0.2, -0.15) is 0 Å². The number of hydrogen-bond donors (Lipinski definition) is 1. The Morgan fingerprint density at radius 3 is 2.56 bits per heavy atom. The van der Waals surface area contributed by atoms with E-state index in [1.165, 1.54) is 5.56 Å². The summed E-state index contributed by atoms with van der Waals surface area (Å²) in [5, 5.41) is 2.77. The van der Waals surface area contributed by atoms with Gasteiger partial charge in [-0.15, -0.1) is 0 Å². The molecule has 2 aromatic rings. The molecule has 1 aliphatic heterocycles. The highest BCUT2D eigenvalue weighted by Crippen LogP contribution is 2.21. The molecule has 0 spiro atoms. The van der Waals surface area contributed by atoms with Crippen molar-refractivity contribution in [3.63, 3.8) is 0 Å². The fourth-order valence-corrected chi connectivity index (χ4v) is 3.44. The van der Waals surface area contributed by atoms with E-state index in [-0.39, 0.29) is 24.4 Å². The largest absolute Gasteiger partial charge is 0.343 e. The summed E-state index contributed by atoms with van der Waals surface area (Å²) in [4.78, 5) is 26.8. The molecule has 0 saturated carbocycles. The van der Waals surface area contributed by atoms with E-state index in [0.717, 1.165) is 31.4 Å². The summed E-state index contributed by atoms with van der Waals surface area (Å²) in [5.41, 5.74) is 2.78. The normalized spacial score (nSPS) is 16.7. The van der Waals surface area contributed by atoms with Crippen LogP contribution in [0.3, 0.4) is 0 Å². The lowest BCUT2D eigenvalue weighted by atomic mass is 10.0. The van der Waals surface area contributed by atoms with Crippen LogP contribution in [0.25, 0.3) is 0 Å². The lowest BCUT2D eigenvalue weighted by molar-refractivity contribution is -0.130. The molecule has 1 saturated heterocycles. The number of aryl methyl sites for hydroxylation is 1. The average Bonchev–Trinajstić information content (AvgIpc) is 3.09. The van der Waals surface area contributed by atoms with Crippen molar-refractivity contribution in [2.24, 2.45) is 0 Å². The molecule has 2 amide bonds. The number of likely N-dealkylation sites (tertiary alicyclic amines) is 1. The zero-order valence-corrected chi connectivity index (χ0v) is 14.6. The Kier molecular flexibility index (Phi) is 5.49. The summed E-state index contributed by atoms with van der Waals surface area (Å²) in [6.07, 6.45) is 2.92. The van der Waals surface area contributed by atoms with Crippen molar-refractivity contribution < 1.29 is 9.59 Å². The van der Waals surface area contributed by atoms with Gasteiger partial charge in [0, 0.05) is 18.2 Å². The van der Waals surface area contributed by atoms with Gasteiger partial charge >= 0.3 is 0 Å². The first-order chi connectivity index (χ1) is 12.1. The minimum absolute atomic E-state index is 0.000338. The average molecular weight is 336 g/mol. The number of nitrogens with one attached hydrogen (secondary N) is 1. The van der Waals surface area contributed by atoms with Gasteiger partial charge in [-0.25, -0.2) is 0 Å². The maximum absolute atomic E-state index is 12.6. The molecule has 130 valence electrons. The van der Waals surface area contributed by atoms with Crippen molar-refractivity contribution in [2.45, 2.75) is 32.2 Å². The number of amides is 2. The number of carbonyl (C=O) groups excluding carboxylic acids is 2. The van der Waals surface area contributed by atoms with Crippen molar-refractivity contribution >= 4 is 11.8 Å². The Balaban J connectivity index is 1.57. The zero-order chi connectivity index (χ0) is 17.6. The molecule has 4 nitrogen and oxygen atoms in total. The van der Waals surface area contributed by atoms with Crippen molar-refractivity contribution in [1.29, 1.82) is 0 Å². The van der Waals surface area contributed by atoms with Crippen LogP contribution < -0.4 is 5.32 Å². The predicted molar refractivity (Wildman–Crippen MR) is 98.4 cm³/mol. The molecule has 4 heteroatoms. The second kappa shape index (κ2) is 7.97. The first-order valence-corrected chi connectivity index (χ1v) is 8.82. The van der Waals surface area contributed by atoms with E-state index in [1.807, 2.05) is 48.2 Å². The minimum Gasteiger partial charge on any atom is -0.343 e. The molecule has 1 heterocycles. The van der Waals surface area contributed by atoms with Crippen LogP contribution in [0.4, 0.5) is 0 Å². The molecule has 1 aliphatic rings. The van der Waals surface area contributed by atoms with Gasteiger partial charge in [0.1, 0.15) is 0 Å². The molecule has 25 heavy (non-hydrogen) atoms. The fourth-order valence-electron chi connectivity index (χ4n) is 3.44. The Morgan fingerprint density at radius 1 is 1.08 bits per heavy atom. The lowest BCUT2D eigenvalue weighted by Crippen LogP contribution is -2.43. The van der Waals surface area contributed by atoms with Gasteiger partial charge in [0.25, 0.3) is 5.91 Å². The Labute approximate surface area is 148 Å². The summed E-state index contributed by atoms with van der Waals surface area (Å²) in [6.45, 7) is 2.72. The summed E-state index contributed by atoms with van der Waals surface area (Å²) < 4.78 is 0. The summed E-state index contributed by atoms with van der Waals surface area (Å²) in [6, 6.07) is 17.9. The number of benzene rings is 2. The SMILES string of the molecule is Cc1ccccc1C(=O)NCC(=O)N1CCCC1Cc1ccccc1. The van der Waals surface area contributed by atoms with Gasteiger partial charge in [-0.05, 0) is 43.4 Å². The van der Waals surface area contributed by atoms with Crippen LogP contribution in [0.2, 0.25) is 0 Å². The molecule has 2 aromatic carbocycles. The van der Waals surface area contributed by atoms with Gasteiger partial charge in [-0.1, -0.05) is 48.5 Å². The van der Waals surface area contributed by atoms with Crippen molar-refractivity contribution in [3.05, 3.63) is 71.3 Å². The highest BCUT2D eigenvalue weighted by molar-refractivity contribution is 5.97. The standard InChI is InChI=1S/C21H24N2O2/c1-16-8-5-6-12-19(16)21(25)22-15-20(24)23-13-7-11-18(23)14-17-9-3-2-4-10-17/h2-6,8-10,12,18H,7,11,13-15H2,1H3,(H,22,25). The molecule has 1 atom stereocenters. The summed E-state index contributed by atoms with van der Waals surface area (Å²) >= 11 is 0. The number of hydrogen-bond acceptors (Lipinski definition) is 2. The predicted octanol–water partition coefficient (Wildman–Crippen LogP) is 2.96. The number of nitrogens with zero attached hydrogens (tertiary/aromatic N) is 1. The maximum atomic E-state index is 12.6. The summed E-state index contributed by atoms with van der Waals surface area (Å²) in [5.74, 6) is -0.189. The first kappa shape index (κ1) is 17.2. The van der Waals surface area contributed by atoms with Gasteiger partial charge in [0.05, 0.1) is 6.54 Å². The van der Waals surface area contributed by atoms with E-state index < -0.39 is 0 Å². The van der Waals surface area contributed by atoms with Crippen LogP contribution >= 0.6 is 0 Å². The molecule has 0 radical (unpaired) electrons. The second-order valence-corrected chi connectivity index (χ2v) is 6.57. The van der Waals surface area contributed by atoms with Crippen LogP contribution in [0, 0.1) is 6.92 Å². The summed E-state index contributed by atoms with van der Waals surface area (Å²) in [7, 11) is 0. The molecule has 0 bridgehead atoms. The quantitative estimate of drug-likeness (QED) is 0.912. The Morgan fingerprint density at radius 2 is 1.80 bits per heavy atom. The maximum Gasteiger partial charge on any atom is 0.251 e. The van der Waals surface area contributed by atoms with E-state index in [1.54, 1.807) is 6.07 Å². The topological polar surface area (TPSA) is 49.4 Å². The second-order valence-electron chi connectivity index (χ2n) is 6.57. The molecule has 1 unspecified atom stereocenters. The molecule has 1 N–H and O–H groups in total. The third-order valence-corrected chi connectivity index (χ3v) is 4.80. The Hall–Kier alpha value is -2.62. The van der Waals surface area contributed by atoms with Gasteiger partial charge in [0.15, 0.2) is 0 Å². The minimum atomic E-state index is -0.190. The zero-order valence-electron chi connectivity index (χ0n) is 14.6. The number of rotatable bonds is 5. The Bertz CT molecular complexity index is 743. The fraction of sp³-hybridized carbons (Fsp3) is 0.333. The molecule has 1 fully saturated rings. The van der Waals surface area contributed by atoms with Gasteiger partial charge < -0.3 is 10.2 Å². The van der Waals surface area contributed by atoms with Gasteiger partial charge in [0.2, 0.25) is 5.91 Å². The van der Waals surface area contributed by atoms with Crippen molar-refractivity contribution in [3.8, 4) is 0 Å². The monoisotopic (exact) mass is 336 g/mol. The van der Waals surface area contributed by atoms with E-state index in [0.29, 0.717) is 5.56 Å². The van der Waals surface area contributed by atoms with E-state index >= 15 is 0 Å². The highest BCUT2D eigenvalue weighted by atomic mass is 16.2. The lowest BCUT2D eigenvalue weighted by Gasteiger charge is -2.25. The van der Waals surface area contributed by atoms with Crippen LogP contribution in [-0.4, -0.2) is 35.8 Å². The molecular weight excluding hydrogens is 312 g/mol. The van der Waals surface area contributed by atoms with E-state index in [9.17, 15) is 9.59 Å². The molecular formula is C21H24N2O2. The van der Waals surface area contributed by atoms with Crippen molar-refractivity contribution in [1.82, 2.24) is 10.2 Å². The number of carbonyl (C=O) groups is 2. The third kappa shape index (κ3) is 4.27. The third-order valence-electron chi connectivity index (χ3n) is 4.80. The molecule has 3 rings (SSSR count). The smallest absolute Gasteiger partial charge is 0.251 e. The van der Waals surface area contributed by atoms with E-state index in [2.05, 4.69) is 17.4 Å². The molecule has 0 aliphatic carbocycles. The first-order valence-electron chi connectivity index (χ1n) is 8.82. The molecule has 0 aromatic heterocycles.